The van der Waals surface area contributed by atoms with Crippen LogP contribution in [0.4, 0.5) is 11.4 Å². The molecule has 0 aromatic heterocycles. The molecule has 0 saturated carbocycles. The number of nitrogens with zero attached hydrogens (tertiary/aromatic N) is 1. The zero-order valence-corrected chi connectivity index (χ0v) is 22.8. The van der Waals surface area contributed by atoms with Gasteiger partial charge in [-0.3, -0.25) is 14.5 Å². The Morgan fingerprint density at radius 2 is 1.84 bits per heavy atom. The summed E-state index contributed by atoms with van der Waals surface area (Å²) in [6.07, 6.45) is 8.32. The molecule has 1 fully saturated rings. The lowest BCUT2D eigenvalue weighted by atomic mass is 10.0. The number of methoxy groups -OCH3 is 1. The molecule has 1 atom stereocenters. The fourth-order valence-electron chi connectivity index (χ4n) is 4.01. The smallest absolute Gasteiger partial charge is 0.255 e. The van der Waals surface area contributed by atoms with E-state index in [0.717, 1.165) is 42.7 Å². The van der Waals surface area contributed by atoms with Gasteiger partial charge in [-0.25, -0.2) is 0 Å². The number of likely N-dealkylation sites (tertiary alicyclic amines) is 1. The molecule has 2 aromatic rings. The van der Waals surface area contributed by atoms with Crippen molar-refractivity contribution in [2.75, 3.05) is 37.9 Å². The van der Waals surface area contributed by atoms with Crippen molar-refractivity contribution in [3.05, 3.63) is 77.4 Å². The Bertz CT molecular complexity index is 1120. The summed E-state index contributed by atoms with van der Waals surface area (Å²) in [5.74, 6) is -0.353. The van der Waals surface area contributed by atoms with Crippen molar-refractivity contribution in [2.45, 2.75) is 46.2 Å². The fraction of sp³-hybridized carbons (Fsp3) is 0.367. The third-order valence-electron chi connectivity index (χ3n) is 6.21. The molecule has 2 amide bonds. The number of aldehydes is 1. The van der Waals surface area contributed by atoms with E-state index in [1.165, 1.54) is 0 Å². The van der Waals surface area contributed by atoms with Crippen LogP contribution >= 0.6 is 0 Å². The van der Waals surface area contributed by atoms with E-state index in [1.54, 1.807) is 25.3 Å². The largest absolute Gasteiger partial charge is 0.397 e. The monoisotopic (exact) mass is 520 g/mol. The number of carbonyl (C=O) groups excluding carboxylic acids is 3. The number of benzene rings is 2. The molecule has 204 valence electrons. The Hall–Kier alpha value is -3.75. The van der Waals surface area contributed by atoms with Gasteiger partial charge in [-0.2, -0.15) is 0 Å². The van der Waals surface area contributed by atoms with Gasteiger partial charge in [0.25, 0.3) is 5.91 Å². The summed E-state index contributed by atoms with van der Waals surface area (Å²) in [5, 5.41) is 5.55. The van der Waals surface area contributed by atoms with E-state index in [-0.39, 0.29) is 24.4 Å². The lowest BCUT2D eigenvalue weighted by molar-refractivity contribution is -0.126. The van der Waals surface area contributed by atoms with Gasteiger partial charge in [-0.15, -0.1) is 0 Å². The molecule has 1 unspecified atom stereocenters. The van der Waals surface area contributed by atoms with Crippen molar-refractivity contribution >= 4 is 35.0 Å². The maximum absolute atomic E-state index is 12.8. The summed E-state index contributed by atoms with van der Waals surface area (Å²) >= 11 is 0. The fourth-order valence-corrected chi connectivity index (χ4v) is 4.01. The minimum atomic E-state index is -0.238. The Labute approximate surface area is 225 Å². The third kappa shape index (κ3) is 9.28. The molecule has 0 aliphatic carbocycles. The number of hydrogen-bond acceptors (Lipinski definition) is 6. The van der Waals surface area contributed by atoms with Gasteiger partial charge in [0.2, 0.25) is 5.91 Å². The number of amides is 2. The van der Waals surface area contributed by atoms with Crippen LogP contribution in [0, 0.1) is 0 Å². The molecule has 38 heavy (non-hydrogen) atoms. The summed E-state index contributed by atoms with van der Waals surface area (Å²) in [6, 6.07) is 12.7. The second-order valence-corrected chi connectivity index (χ2v) is 8.95. The van der Waals surface area contributed by atoms with Crippen molar-refractivity contribution in [1.29, 1.82) is 0 Å². The van der Waals surface area contributed by atoms with Gasteiger partial charge >= 0.3 is 0 Å². The molecule has 0 bridgehead atoms. The van der Waals surface area contributed by atoms with Crippen LogP contribution in [0.3, 0.4) is 0 Å². The Morgan fingerprint density at radius 3 is 2.47 bits per heavy atom. The van der Waals surface area contributed by atoms with E-state index in [1.807, 2.05) is 63.3 Å². The maximum Gasteiger partial charge on any atom is 0.255 e. The number of nitrogens with one attached hydrogen (secondary N) is 2. The normalized spacial score (nSPS) is 15.6. The van der Waals surface area contributed by atoms with Crippen molar-refractivity contribution in [2.24, 2.45) is 0 Å². The number of carbonyl (C=O) groups is 3. The molecule has 8 heteroatoms. The van der Waals surface area contributed by atoms with Crippen LogP contribution in [0.5, 0.6) is 0 Å². The number of ether oxygens (including phenoxy) is 1. The minimum Gasteiger partial charge on any atom is -0.397 e. The summed E-state index contributed by atoms with van der Waals surface area (Å²) in [5.41, 5.74) is 10.8. The van der Waals surface area contributed by atoms with Gasteiger partial charge in [0.05, 0.1) is 24.0 Å². The molecule has 1 aliphatic rings. The number of nitrogens with two attached hydrogens (primary N) is 1. The quantitative estimate of drug-likeness (QED) is 0.243. The molecule has 2 aromatic carbocycles. The van der Waals surface area contributed by atoms with E-state index < -0.39 is 0 Å². The molecule has 1 aliphatic heterocycles. The molecule has 4 N–H and O–H groups in total. The molecule has 1 heterocycles. The molecule has 0 spiro atoms. The zero-order valence-electron chi connectivity index (χ0n) is 22.8. The lowest BCUT2D eigenvalue weighted by Crippen LogP contribution is -2.43. The van der Waals surface area contributed by atoms with E-state index in [0.29, 0.717) is 29.8 Å². The third-order valence-corrected chi connectivity index (χ3v) is 6.21. The molecule has 0 radical (unpaired) electrons. The van der Waals surface area contributed by atoms with Crippen LogP contribution in [0.25, 0.3) is 5.57 Å². The van der Waals surface area contributed by atoms with Gasteiger partial charge in [0.15, 0.2) is 0 Å². The summed E-state index contributed by atoms with van der Waals surface area (Å²) in [6.45, 7) is 8.20. The highest BCUT2D eigenvalue weighted by molar-refractivity contribution is 6.06. The van der Waals surface area contributed by atoms with Gasteiger partial charge in [0, 0.05) is 25.8 Å². The molecule has 1 saturated heterocycles. The average molecular weight is 521 g/mol. The van der Waals surface area contributed by atoms with Crippen LogP contribution < -0.4 is 16.4 Å². The average Bonchev–Trinajstić information content (AvgIpc) is 3.40. The van der Waals surface area contributed by atoms with Gasteiger partial charge in [-0.05, 0) is 81.1 Å². The van der Waals surface area contributed by atoms with Crippen molar-refractivity contribution < 1.29 is 19.1 Å². The standard InChI is InChI=1S/C27H32N4O3.C3H8O/c1-3-4-6-19(2)22-12-13-23(28)24(17-22)30-26(33)21-10-8-20(9-11-21)18-31-15-5-7-25(31)27(34)29-14-16-32;1-3-4-2/h3-4,6,8-13,16-17,25H,5,7,14-15,18,28H2,1-2H3,(H,29,34)(H,30,33);3H2,1-2H3/b4-3-,19-6+;. The highest BCUT2D eigenvalue weighted by Gasteiger charge is 2.30. The van der Waals surface area contributed by atoms with Crippen molar-refractivity contribution in [1.82, 2.24) is 10.2 Å². The van der Waals surface area contributed by atoms with Gasteiger partial charge < -0.3 is 25.9 Å². The van der Waals surface area contributed by atoms with E-state index >= 15 is 0 Å². The first kappa shape index (κ1) is 30.5. The van der Waals surface area contributed by atoms with Crippen LogP contribution in [0.2, 0.25) is 0 Å². The van der Waals surface area contributed by atoms with Crippen LogP contribution in [-0.4, -0.2) is 55.8 Å². The Morgan fingerprint density at radius 1 is 1.16 bits per heavy atom. The molecule has 3 rings (SSSR count). The minimum absolute atomic E-state index is 0.0338. The SMILES string of the molecule is C/C=C\C=C(/C)c1ccc(N)c(NC(=O)c2ccc(CN3CCCC3C(=O)NCC=O)cc2)c1.CCOC. The van der Waals surface area contributed by atoms with E-state index in [4.69, 9.17) is 5.73 Å². The molecular weight excluding hydrogens is 480 g/mol. The number of anilines is 2. The van der Waals surface area contributed by atoms with Gasteiger partial charge in [0.1, 0.15) is 6.29 Å². The lowest BCUT2D eigenvalue weighted by Gasteiger charge is -2.23. The number of rotatable bonds is 10. The highest BCUT2D eigenvalue weighted by Crippen LogP contribution is 2.25. The summed E-state index contributed by atoms with van der Waals surface area (Å²) in [4.78, 5) is 37.7. The summed E-state index contributed by atoms with van der Waals surface area (Å²) in [7, 11) is 1.68. The Balaban J connectivity index is 0.00000118. The van der Waals surface area contributed by atoms with Crippen molar-refractivity contribution in [3.8, 4) is 0 Å². The molecular formula is C30H40N4O4. The van der Waals surface area contributed by atoms with E-state index in [9.17, 15) is 14.4 Å². The second kappa shape index (κ2) is 16.2. The second-order valence-electron chi connectivity index (χ2n) is 8.95. The summed E-state index contributed by atoms with van der Waals surface area (Å²) < 4.78 is 4.54. The highest BCUT2D eigenvalue weighted by atomic mass is 16.5. The van der Waals surface area contributed by atoms with Crippen LogP contribution in [-0.2, 0) is 20.9 Å². The predicted molar refractivity (Wildman–Crippen MR) is 154 cm³/mol. The Kier molecular flexibility index (Phi) is 13.0. The topological polar surface area (TPSA) is 114 Å². The number of hydrogen-bond donors (Lipinski definition) is 3. The first-order chi connectivity index (χ1) is 18.3. The zero-order chi connectivity index (χ0) is 27.9. The predicted octanol–water partition coefficient (Wildman–Crippen LogP) is 4.43. The van der Waals surface area contributed by atoms with Crippen molar-refractivity contribution in [3.63, 3.8) is 0 Å². The molecule has 8 nitrogen and oxygen atoms in total. The van der Waals surface area contributed by atoms with E-state index in [2.05, 4.69) is 20.3 Å². The number of allylic oxidation sites excluding steroid dienone is 4. The first-order valence-corrected chi connectivity index (χ1v) is 12.9. The van der Waals surface area contributed by atoms with Crippen LogP contribution in [0.15, 0.2) is 60.7 Å². The van der Waals surface area contributed by atoms with Crippen LogP contribution in [0.1, 0.15) is 55.1 Å². The number of nitrogen functional groups attached to an aromatic ring is 1. The van der Waals surface area contributed by atoms with Gasteiger partial charge in [-0.1, -0.05) is 36.4 Å². The maximum atomic E-state index is 12.8. The first-order valence-electron chi connectivity index (χ1n) is 12.9.